The second-order valence-electron chi connectivity index (χ2n) is 11.4. The molecule has 2 heterocycles. The third-order valence-corrected chi connectivity index (χ3v) is 14.2. The predicted molar refractivity (Wildman–Crippen MR) is 207 cm³/mol. The first-order valence-corrected chi connectivity index (χ1v) is 21.1. The van der Waals surface area contributed by atoms with E-state index < -0.39 is 49.3 Å². The van der Waals surface area contributed by atoms with Crippen LogP contribution in [0.1, 0.15) is 51.4 Å². The highest BCUT2D eigenvalue weighted by Crippen LogP contribution is 2.71. The average molecular weight is 843 g/mol. The highest BCUT2D eigenvalue weighted by Gasteiger charge is 2.50. The van der Waals surface area contributed by atoms with Crippen molar-refractivity contribution in [2.24, 2.45) is 0 Å². The molecule has 20 heteroatoms. The summed E-state index contributed by atoms with van der Waals surface area (Å²) in [5, 5.41) is 1.07. The highest BCUT2D eigenvalue weighted by molar-refractivity contribution is 7.72. The second kappa shape index (κ2) is 20.2. The van der Waals surface area contributed by atoms with Gasteiger partial charge in [-0.25, -0.2) is 13.8 Å². The summed E-state index contributed by atoms with van der Waals surface area (Å²) in [6.07, 6.45) is 2.40. The first kappa shape index (κ1) is 44.4. The lowest BCUT2D eigenvalue weighted by Crippen LogP contribution is -2.29. The van der Waals surface area contributed by atoms with E-state index in [1.165, 1.54) is 48.8 Å². The van der Waals surface area contributed by atoms with Crippen molar-refractivity contribution in [3.05, 3.63) is 93.5 Å². The molecule has 2 aromatic carbocycles. The number of rotatable bonds is 21. The fourth-order valence-corrected chi connectivity index (χ4v) is 10.8. The first-order valence-electron chi connectivity index (χ1n) is 17.5. The van der Waals surface area contributed by atoms with Crippen molar-refractivity contribution in [1.29, 1.82) is 0 Å². The predicted octanol–water partition coefficient (Wildman–Crippen LogP) is 8.82. The van der Waals surface area contributed by atoms with Gasteiger partial charge < -0.3 is 43.4 Å². The molecule has 1 amide bonds. The molecule has 0 bridgehead atoms. The van der Waals surface area contributed by atoms with Gasteiger partial charge in [0.15, 0.2) is 34.3 Å². The molecule has 0 fully saturated rings. The molecule has 4 aromatic rings. The molecule has 15 nitrogen and oxygen atoms in total. The highest BCUT2D eigenvalue weighted by atomic mass is 35.5. The quantitative estimate of drug-likeness (QED) is 0.0758. The van der Waals surface area contributed by atoms with Crippen LogP contribution in [0.15, 0.2) is 65.7 Å². The Morgan fingerprint density at radius 3 is 2.05 bits per heavy atom. The van der Waals surface area contributed by atoms with Gasteiger partial charge in [0.25, 0.3) is 11.5 Å². The van der Waals surface area contributed by atoms with Crippen molar-refractivity contribution in [2.45, 2.75) is 46.4 Å². The molecule has 3 N–H and O–H groups in total. The van der Waals surface area contributed by atoms with Gasteiger partial charge in [-0.2, -0.15) is 0 Å². The summed E-state index contributed by atoms with van der Waals surface area (Å²) in [6, 6.07) is 9.86. The molecule has 0 aliphatic heterocycles. The number of nitrogen functional groups attached to an aromatic ring is 1. The number of pyridine rings is 2. The Balaban J connectivity index is 1.61. The molecule has 0 spiro atoms. The van der Waals surface area contributed by atoms with Crippen LogP contribution in [0.4, 0.5) is 20.3 Å². The van der Waals surface area contributed by atoms with Gasteiger partial charge >= 0.3 is 15.2 Å². The SMILES string of the molecule is CCOc1ccn(-c2ccc(F)c(OCCC(P(=O)(OCC)OCC)P(=O)(OCC)OCC)c2)c(=O)c1C(=O)Nc1ccc(Oc2ccnc(N)c2Cl)c(F)c1. The Labute approximate surface area is 327 Å². The lowest BCUT2D eigenvalue weighted by atomic mass is 10.2. The molecule has 4 rings (SSSR count). The fraction of sp³-hybridized carbons (Fsp3) is 0.361. The summed E-state index contributed by atoms with van der Waals surface area (Å²) in [6.45, 7) is 7.65. The Morgan fingerprint density at radius 1 is 0.821 bits per heavy atom. The number of anilines is 2. The number of nitrogens with zero attached hydrogens (tertiary/aromatic N) is 2. The lowest BCUT2D eigenvalue weighted by molar-refractivity contribution is 0.102. The summed E-state index contributed by atoms with van der Waals surface area (Å²) < 4.78 is 97.8. The van der Waals surface area contributed by atoms with Gasteiger partial charge in [0.2, 0.25) is 0 Å². The van der Waals surface area contributed by atoms with Crippen molar-refractivity contribution in [2.75, 3.05) is 50.7 Å². The second-order valence-corrected chi connectivity index (χ2v) is 16.6. The van der Waals surface area contributed by atoms with E-state index in [1.807, 2.05) is 0 Å². The Morgan fingerprint density at radius 2 is 1.46 bits per heavy atom. The van der Waals surface area contributed by atoms with Crippen LogP contribution in [-0.2, 0) is 27.2 Å². The minimum atomic E-state index is -4.10. The number of carbonyl (C=O) groups is 1. The molecule has 0 unspecified atom stereocenters. The molecule has 0 saturated heterocycles. The van der Waals surface area contributed by atoms with Crippen LogP contribution >= 0.6 is 26.8 Å². The van der Waals surface area contributed by atoms with Crippen LogP contribution in [0.25, 0.3) is 5.69 Å². The zero-order chi connectivity index (χ0) is 41.0. The van der Waals surface area contributed by atoms with Crippen LogP contribution in [0, 0.1) is 11.6 Å². The minimum absolute atomic E-state index is 0.0119. The molecule has 0 saturated carbocycles. The minimum Gasteiger partial charge on any atom is -0.493 e. The monoisotopic (exact) mass is 842 g/mol. The topological polar surface area (TPSA) is 189 Å². The first-order chi connectivity index (χ1) is 26.7. The molecule has 0 radical (unpaired) electrons. The van der Waals surface area contributed by atoms with Crippen molar-refractivity contribution in [1.82, 2.24) is 9.55 Å². The molecule has 56 heavy (non-hydrogen) atoms. The van der Waals surface area contributed by atoms with Gasteiger partial charge in [-0.1, -0.05) is 11.6 Å². The van der Waals surface area contributed by atoms with Crippen LogP contribution in [0.5, 0.6) is 23.0 Å². The van der Waals surface area contributed by atoms with Gasteiger partial charge in [0, 0.05) is 42.7 Å². The number of hydrogen-bond donors (Lipinski definition) is 2. The zero-order valence-corrected chi connectivity index (χ0v) is 33.8. The Kier molecular flexibility index (Phi) is 16.0. The van der Waals surface area contributed by atoms with Crippen LogP contribution in [-0.4, -0.2) is 60.5 Å². The van der Waals surface area contributed by atoms with E-state index in [-0.39, 0.29) is 91.3 Å². The van der Waals surface area contributed by atoms with Crippen molar-refractivity contribution < 1.29 is 55.0 Å². The maximum absolute atomic E-state index is 15.1. The van der Waals surface area contributed by atoms with Crippen LogP contribution in [0.3, 0.4) is 0 Å². The van der Waals surface area contributed by atoms with E-state index in [1.54, 1.807) is 34.6 Å². The van der Waals surface area contributed by atoms with Gasteiger partial charge in [0.1, 0.15) is 22.2 Å². The molecule has 0 aliphatic carbocycles. The third kappa shape index (κ3) is 10.5. The summed E-state index contributed by atoms with van der Waals surface area (Å²) in [5.41, 5.74) is 4.45. The van der Waals surface area contributed by atoms with E-state index >= 15 is 8.78 Å². The fourth-order valence-electron chi connectivity index (χ4n) is 5.36. The number of hydrogen-bond acceptors (Lipinski definition) is 13. The number of nitrogens with two attached hydrogens (primary N) is 1. The smallest absolute Gasteiger partial charge is 0.345 e. The van der Waals surface area contributed by atoms with Gasteiger partial charge in [-0.05, 0) is 65.0 Å². The van der Waals surface area contributed by atoms with E-state index in [4.69, 9.17) is 49.6 Å². The molecule has 0 atom stereocenters. The number of halogens is 3. The molecule has 304 valence electrons. The number of benzene rings is 2. The molecular formula is C36H43ClF2N4O11P2. The van der Waals surface area contributed by atoms with E-state index in [0.717, 1.165) is 16.7 Å². The van der Waals surface area contributed by atoms with E-state index in [2.05, 4.69) is 10.3 Å². The molecular weight excluding hydrogens is 800 g/mol. The van der Waals surface area contributed by atoms with E-state index in [9.17, 15) is 18.7 Å². The van der Waals surface area contributed by atoms with E-state index in [0.29, 0.717) is 0 Å². The molecule has 0 aliphatic rings. The summed E-state index contributed by atoms with van der Waals surface area (Å²) >= 11 is 6.10. The third-order valence-electron chi connectivity index (χ3n) is 7.66. The van der Waals surface area contributed by atoms with Crippen molar-refractivity contribution in [3.63, 3.8) is 0 Å². The lowest BCUT2D eigenvalue weighted by Gasteiger charge is -2.31. The maximum Gasteiger partial charge on any atom is 0.345 e. The summed E-state index contributed by atoms with van der Waals surface area (Å²) in [5.74, 6) is -3.20. The Bertz CT molecular complexity index is 2110. The number of carbonyl (C=O) groups excluding carboxylic acids is 1. The molecule has 2 aromatic heterocycles. The van der Waals surface area contributed by atoms with Gasteiger partial charge in [0.05, 0.1) is 45.3 Å². The summed E-state index contributed by atoms with van der Waals surface area (Å²) in [7, 11) is -8.20. The number of aromatic nitrogens is 2. The zero-order valence-electron chi connectivity index (χ0n) is 31.3. The van der Waals surface area contributed by atoms with Crippen LogP contribution < -0.4 is 30.8 Å². The number of ether oxygens (including phenoxy) is 3. The standard InChI is InChI=1S/C36H43ClF2N4O11P2/c1-6-48-28-16-19-43(36(45)32(28)35(44)42-23-11-14-27(26(39)21-23)54-29-15-18-41-34(40)33(29)37)24-12-13-25(38)30(22-24)49-20-17-31(55(46,50-7-2)51-8-3)56(47,52-9-4)53-10-5/h11-16,18-19,21-22,31H,6-10,17,20H2,1-5H3,(H2,40,41)(H,42,44). The number of nitrogens with one attached hydrogen (secondary N) is 1. The largest absolute Gasteiger partial charge is 0.493 e. The van der Waals surface area contributed by atoms with Crippen molar-refractivity contribution >= 4 is 44.2 Å². The normalized spacial score (nSPS) is 11.8. The van der Waals surface area contributed by atoms with Crippen LogP contribution in [0.2, 0.25) is 5.02 Å². The average Bonchev–Trinajstić information content (AvgIpc) is 3.14. The van der Waals surface area contributed by atoms with Gasteiger partial charge in [-0.15, -0.1) is 0 Å². The van der Waals surface area contributed by atoms with Crippen molar-refractivity contribution in [3.8, 4) is 28.7 Å². The maximum atomic E-state index is 15.1. The summed E-state index contributed by atoms with van der Waals surface area (Å²) in [4.78, 5) is 31.3. The Hall–Kier alpha value is -4.34. The van der Waals surface area contributed by atoms with Gasteiger partial charge in [-0.3, -0.25) is 23.3 Å². The number of amides is 1.